The smallest absolute Gasteiger partial charge is 0.224 e. The highest BCUT2D eigenvalue weighted by atomic mass is 32.1. The van der Waals surface area contributed by atoms with Crippen LogP contribution in [0.15, 0.2) is 6.07 Å². The normalized spacial score (nSPS) is 26.3. The van der Waals surface area contributed by atoms with Gasteiger partial charge in [0.25, 0.3) is 0 Å². The highest BCUT2D eigenvalue weighted by Crippen LogP contribution is 2.30. The molecular formula is C14H20N2OS. The highest BCUT2D eigenvalue weighted by Gasteiger charge is 2.30. The summed E-state index contributed by atoms with van der Waals surface area (Å²) in [5.41, 5.74) is 7.45. The van der Waals surface area contributed by atoms with Crippen LogP contribution in [0.5, 0.6) is 0 Å². The molecule has 0 saturated heterocycles. The molecule has 3 nitrogen and oxygen atoms in total. The van der Waals surface area contributed by atoms with Crippen LogP contribution in [-0.4, -0.2) is 11.9 Å². The van der Waals surface area contributed by atoms with Crippen molar-refractivity contribution in [2.45, 2.75) is 51.1 Å². The van der Waals surface area contributed by atoms with Gasteiger partial charge in [0.1, 0.15) is 0 Å². The number of amides is 1. The van der Waals surface area contributed by atoms with Gasteiger partial charge in [0.05, 0.1) is 12.5 Å². The van der Waals surface area contributed by atoms with Crippen LogP contribution in [-0.2, 0) is 24.2 Å². The number of nitrogens with two attached hydrogens (primary N) is 1. The molecule has 3 N–H and O–H groups in total. The third kappa shape index (κ3) is 2.31. The first-order valence-electron chi connectivity index (χ1n) is 6.88. The molecule has 0 aromatic carbocycles. The predicted octanol–water partition coefficient (Wildman–Crippen LogP) is 1.98. The van der Waals surface area contributed by atoms with Gasteiger partial charge < -0.3 is 11.1 Å². The maximum absolute atomic E-state index is 12.0. The zero-order valence-electron chi connectivity index (χ0n) is 10.6. The molecule has 0 bridgehead atoms. The minimum Gasteiger partial charge on any atom is -0.351 e. The standard InChI is InChI=1S/C14H20N2OS/c15-12-5-2-4-11(12)14(17)16-8-10-7-9-3-1-6-13(9)18-10/h7,11-12H,1-6,8,15H2,(H,16,17). The van der Waals surface area contributed by atoms with Gasteiger partial charge in [-0.2, -0.15) is 0 Å². The van der Waals surface area contributed by atoms with Crippen molar-refractivity contribution in [2.24, 2.45) is 11.7 Å². The van der Waals surface area contributed by atoms with Gasteiger partial charge in [0.15, 0.2) is 0 Å². The van der Waals surface area contributed by atoms with Gasteiger partial charge >= 0.3 is 0 Å². The van der Waals surface area contributed by atoms with E-state index in [1.54, 1.807) is 0 Å². The van der Waals surface area contributed by atoms with E-state index in [-0.39, 0.29) is 17.9 Å². The van der Waals surface area contributed by atoms with Crippen LogP contribution in [0.4, 0.5) is 0 Å². The van der Waals surface area contributed by atoms with Crippen molar-refractivity contribution in [1.29, 1.82) is 0 Å². The lowest BCUT2D eigenvalue weighted by Crippen LogP contribution is -2.38. The molecule has 2 aliphatic rings. The van der Waals surface area contributed by atoms with Crippen LogP contribution < -0.4 is 11.1 Å². The van der Waals surface area contributed by atoms with Gasteiger partial charge in [0.2, 0.25) is 5.91 Å². The van der Waals surface area contributed by atoms with Crippen LogP contribution in [0.3, 0.4) is 0 Å². The third-order valence-corrected chi connectivity index (χ3v) is 5.38. The monoisotopic (exact) mass is 264 g/mol. The number of carbonyl (C=O) groups is 1. The third-order valence-electron chi connectivity index (χ3n) is 4.14. The number of nitrogens with one attached hydrogen (secondary N) is 1. The van der Waals surface area contributed by atoms with Gasteiger partial charge in [-0.15, -0.1) is 11.3 Å². The first-order valence-corrected chi connectivity index (χ1v) is 7.69. The molecule has 98 valence electrons. The summed E-state index contributed by atoms with van der Waals surface area (Å²) >= 11 is 1.86. The van der Waals surface area contributed by atoms with Crippen LogP contribution >= 0.6 is 11.3 Å². The molecule has 1 saturated carbocycles. The topological polar surface area (TPSA) is 55.1 Å². The molecule has 3 rings (SSSR count). The van der Waals surface area contributed by atoms with Gasteiger partial charge in [0, 0.05) is 15.8 Å². The molecule has 1 aromatic heterocycles. The van der Waals surface area contributed by atoms with E-state index in [1.165, 1.54) is 34.6 Å². The minimum absolute atomic E-state index is 0.0387. The lowest BCUT2D eigenvalue weighted by Gasteiger charge is -2.14. The molecule has 1 fully saturated rings. The summed E-state index contributed by atoms with van der Waals surface area (Å²) in [6, 6.07) is 2.33. The van der Waals surface area contributed by atoms with Crippen molar-refractivity contribution in [2.75, 3.05) is 0 Å². The van der Waals surface area contributed by atoms with Gasteiger partial charge in [-0.05, 0) is 43.7 Å². The van der Waals surface area contributed by atoms with E-state index in [0.717, 1.165) is 19.3 Å². The number of thiophene rings is 1. The van der Waals surface area contributed by atoms with Crippen LogP contribution in [0, 0.1) is 5.92 Å². The summed E-state index contributed by atoms with van der Waals surface area (Å²) in [5, 5.41) is 3.05. The molecular weight excluding hydrogens is 244 g/mol. The lowest BCUT2D eigenvalue weighted by molar-refractivity contribution is -0.125. The van der Waals surface area contributed by atoms with E-state index in [4.69, 9.17) is 5.73 Å². The Bertz CT molecular complexity index is 433. The summed E-state index contributed by atoms with van der Waals surface area (Å²) in [4.78, 5) is 14.8. The van der Waals surface area contributed by atoms with Crippen LogP contribution in [0.1, 0.15) is 41.0 Å². The summed E-state index contributed by atoms with van der Waals surface area (Å²) in [7, 11) is 0. The molecule has 2 unspecified atom stereocenters. The first-order chi connectivity index (χ1) is 8.74. The Labute approximate surface area is 112 Å². The number of hydrogen-bond donors (Lipinski definition) is 2. The Morgan fingerprint density at radius 2 is 2.28 bits per heavy atom. The molecule has 0 spiro atoms. The Kier molecular flexibility index (Phi) is 3.39. The second-order valence-electron chi connectivity index (χ2n) is 5.43. The fraction of sp³-hybridized carbons (Fsp3) is 0.643. The molecule has 1 heterocycles. The van der Waals surface area contributed by atoms with E-state index in [0.29, 0.717) is 6.54 Å². The summed E-state index contributed by atoms with van der Waals surface area (Å²) < 4.78 is 0. The van der Waals surface area contributed by atoms with Gasteiger partial charge in [-0.25, -0.2) is 0 Å². The number of fused-ring (bicyclic) bond motifs is 1. The minimum atomic E-state index is 0.0387. The molecule has 4 heteroatoms. The number of aryl methyl sites for hydroxylation is 2. The molecule has 18 heavy (non-hydrogen) atoms. The fourth-order valence-electron chi connectivity index (χ4n) is 3.10. The first kappa shape index (κ1) is 12.2. The van der Waals surface area contributed by atoms with Gasteiger partial charge in [-0.1, -0.05) is 6.42 Å². The van der Waals surface area contributed by atoms with Crippen LogP contribution in [0.25, 0.3) is 0 Å². The zero-order chi connectivity index (χ0) is 12.5. The summed E-state index contributed by atoms with van der Waals surface area (Å²) in [6.07, 6.45) is 6.77. The van der Waals surface area contributed by atoms with Gasteiger partial charge in [-0.3, -0.25) is 4.79 Å². The molecule has 0 radical (unpaired) electrons. The lowest BCUT2D eigenvalue weighted by atomic mass is 10.0. The maximum Gasteiger partial charge on any atom is 0.224 e. The zero-order valence-corrected chi connectivity index (χ0v) is 11.4. The second-order valence-corrected chi connectivity index (χ2v) is 6.66. The summed E-state index contributed by atoms with van der Waals surface area (Å²) in [6.45, 7) is 0.680. The SMILES string of the molecule is NC1CCCC1C(=O)NCc1cc2c(s1)CCC2. The Hall–Kier alpha value is -0.870. The van der Waals surface area contributed by atoms with Crippen LogP contribution in [0.2, 0.25) is 0 Å². The average Bonchev–Trinajstić information content (AvgIpc) is 3.00. The van der Waals surface area contributed by atoms with Crippen molar-refractivity contribution < 1.29 is 4.79 Å². The largest absolute Gasteiger partial charge is 0.351 e. The Balaban J connectivity index is 1.55. The molecule has 1 amide bonds. The van der Waals surface area contributed by atoms with Crippen molar-refractivity contribution in [1.82, 2.24) is 5.32 Å². The fourth-order valence-corrected chi connectivity index (χ4v) is 4.30. The Morgan fingerprint density at radius 1 is 1.39 bits per heavy atom. The van der Waals surface area contributed by atoms with E-state index >= 15 is 0 Å². The Morgan fingerprint density at radius 3 is 3.00 bits per heavy atom. The molecule has 2 atom stereocenters. The average molecular weight is 264 g/mol. The highest BCUT2D eigenvalue weighted by molar-refractivity contribution is 7.12. The van der Waals surface area contributed by atoms with Crippen molar-refractivity contribution in [3.63, 3.8) is 0 Å². The maximum atomic E-state index is 12.0. The summed E-state index contributed by atoms with van der Waals surface area (Å²) in [5.74, 6) is 0.186. The number of rotatable bonds is 3. The van der Waals surface area contributed by atoms with Crippen molar-refractivity contribution >= 4 is 17.2 Å². The van der Waals surface area contributed by atoms with E-state index < -0.39 is 0 Å². The number of hydrogen-bond acceptors (Lipinski definition) is 3. The molecule has 2 aliphatic carbocycles. The number of carbonyl (C=O) groups excluding carboxylic acids is 1. The quantitative estimate of drug-likeness (QED) is 0.877. The second kappa shape index (κ2) is 5.02. The predicted molar refractivity (Wildman–Crippen MR) is 73.5 cm³/mol. The van der Waals surface area contributed by atoms with E-state index in [1.807, 2.05) is 11.3 Å². The van der Waals surface area contributed by atoms with E-state index in [9.17, 15) is 4.79 Å². The van der Waals surface area contributed by atoms with Crippen molar-refractivity contribution in [3.8, 4) is 0 Å². The van der Waals surface area contributed by atoms with Crippen molar-refractivity contribution in [3.05, 3.63) is 21.4 Å². The molecule has 1 aromatic rings. The van der Waals surface area contributed by atoms with E-state index in [2.05, 4.69) is 11.4 Å². The molecule has 0 aliphatic heterocycles.